The number of carbonyl (C=O) groups excluding carboxylic acids is 1. The highest BCUT2D eigenvalue weighted by atomic mass is 35.5. The largest absolute Gasteiger partial charge is 0.322 e. The zero-order valence-corrected chi connectivity index (χ0v) is 20.9. The Bertz CT molecular complexity index is 1640. The summed E-state index contributed by atoms with van der Waals surface area (Å²) in [5.74, 6) is -1.13. The van der Waals surface area contributed by atoms with Gasteiger partial charge in [0.1, 0.15) is 11.9 Å². The molecule has 8 nitrogen and oxygen atoms in total. The van der Waals surface area contributed by atoms with Crippen LogP contribution >= 0.6 is 23.2 Å². The first-order chi connectivity index (χ1) is 17.1. The van der Waals surface area contributed by atoms with Crippen LogP contribution in [0.2, 0.25) is 10.0 Å². The number of aromatic nitrogens is 4. The van der Waals surface area contributed by atoms with E-state index < -0.39 is 28.9 Å². The number of nitrogens with zero attached hydrogens (tertiary/aromatic N) is 4. The summed E-state index contributed by atoms with van der Waals surface area (Å²) in [4.78, 5) is 44.8. The molecule has 1 unspecified atom stereocenters. The first kappa shape index (κ1) is 24.0. The fourth-order valence-electron chi connectivity index (χ4n) is 4.53. The second-order valence-electron chi connectivity index (χ2n) is 8.73. The van der Waals surface area contributed by atoms with Crippen LogP contribution in [-0.4, -0.2) is 25.2 Å². The molecule has 0 spiro atoms. The van der Waals surface area contributed by atoms with Crippen molar-refractivity contribution in [2.24, 2.45) is 7.05 Å². The number of imidazole rings is 1. The monoisotopic (exact) mass is 527 g/mol. The number of hydrogen-bond donors (Lipinski definition) is 1. The number of H-pyrrole nitrogens is 1. The lowest BCUT2D eigenvalue weighted by molar-refractivity contribution is 0.0988. The van der Waals surface area contributed by atoms with Crippen molar-refractivity contribution in [3.05, 3.63) is 102 Å². The van der Waals surface area contributed by atoms with E-state index in [1.165, 1.54) is 30.1 Å². The van der Waals surface area contributed by atoms with Crippen LogP contribution in [0.25, 0.3) is 11.4 Å². The molecular weight excluding hydrogens is 508 g/mol. The number of carbonyl (C=O) groups is 1. The molecule has 1 aliphatic heterocycles. The van der Waals surface area contributed by atoms with Crippen LogP contribution in [0.5, 0.6) is 0 Å². The van der Waals surface area contributed by atoms with Crippen LogP contribution in [0, 0.1) is 5.82 Å². The lowest BCUT2D eigenvalue weighted by Gasteiger charge is -2.28. The Balaban J connectivity index is 1.82. The molecule has 1 atom stereocenters. The number of nitrogens with one attached hydrogen (secondary N) is 1. The Morgan fingerprint density at radius 3 is 2.42 bits per heavy atom. The highest BCUT2D eigenvalue weighted by molar-refractivity contribution is 6.31. The summed E-state index contributed by atoms with van der Waals surface area (Å²) in [6.07, 6.45) is 0. The summed E-state index contributed by atoms with van der Waals surface area (Å²) in [5.41, 5.74) is 0.224. The third-order valence-electron chi connectivity index (χ3n) is 6.13. The number of benzene rings is 2. The normalized spacial score (nSPS) is 15.1. The molecule has 0 saturated heterocycles. The number of rotatable bonds is 4. The topological polar surface area (TPSA) is 93.0 Å². The van der Waals surface area contributed by atoms with E-state index in [1.54, 1.807) is 34.9 Å². The van der Waals surface area contributed by atoms with Crippen LogP contribution in [0.15, 0.2) is 58.1 Å². The van der Waals surface area contributed by atoms with Crippen LogP contribution in [0.1, 0.15) is 47.7 Å². The Morgan fingerprint density at radius 2 is 1.75 bits per heavy atom. The molecule has 5 rings (SSSR count). The van der Waals surface area contributed by atoms with Gasteiger partial charge in [0.25, 0.3) is 17.0 Å². The van der Waals surface area contributed by atoms with Gasteiger partial charge in [-0.25, -0.2) is 9.37 Å². The molecule has 3 heterocycles. The quantitative estimate of drug-likeness (QED) is 0.415. The zero-order chi connectivity index (χ0) is 25.9. The molecule has 1 amide bonds. The number of aromatic amines is 1. The molecule has 0 radical (unpaired) electrons. The fourth-order valence-corrected chi connectivity index (χ4v) is 4.82. The van der Waals surface area contributed by atoms with Crippen molar-refractivity contribution in [1.82, 2.24) is 19.3 Å². The molecule has 11 heteroatoms. The predicted molar refractivity (Wildman–Crippen MR) is 135 cm³/mol. The maximum absolute atomic E-state index is 15.2. The van der Waals surface area contributed by atoms with Crippen molar-refractivity contribution >= 4 is 34.8 Å². The van der Waals surface area contributed by atoms with Gasteiger partial charge in [-0.15, -0.1) is 0 Å². The van der Waals surface area contributed by atoms with Gasteiger partial charge in [0.05, 0.1) is 22.0 Å². The van der Waals surface area contributed by atoms with Crippen LogP contribution in [0.4, 0.5) is 10.1 Å². The lowest BCUT2D eigenvalue weighted by Crippen LogP contribution is -2.32. The van der Waals surface area contributed by atoms with Crippen molar-refractivity contribution in [3.8, 4) is 11.4 Å². The van der Waals surface area contributed by atoms with Gasteiger partial charge >= 0.3 is 0 Å². The predicted octanol–water partition coefficient (Wildman–Crippen LogP) is 4.71. The van der Waals surface area contributed by atoms with Crippen molar-refractivity contribution in [2.75, 3.05) is 4.90 Å². The van der Waals surface area contributed by atoms with E-state index in [0.717, 1.165) is 4.68 Å². The molecule has 0 bridgehead atoms. The highest BCUT2D eigenvalue weighted by Crippen LogP contribution is 2.45. The molecule has 0 saturated carbocycles. The first-order valence-corrected chi connectivity index (χ1v) is 11.8. The fraction of sp³-hybridized carbons (Fsp3) is 0.200. The number of anilines is 1. The van der Waals surface area contributed by atoms with E-state index in [-0.39, 0.29) is 33.8 Å². The summed E-state index contributed by atoms with van der Waals surface area (Å²) in [7, 11) is 1.43. The molecule has 36 heavy (non-hydrogen) atoms. The minimum atomic E-state index is -0.799. The number of fused-ring (bicyclic) bond motifs is 1. The molecule has 2 aromatic carbocycles. The van der Waals surface area contributed by atoms with Crippen molar-refractivity contribution in [1.29, 1.82) is 0 Å². The van der Waals surface area contributed by atoms with Crippen molar-refractivity contribution in [2.45, 2.75) is 25.9 Å². The minimum absolute atomic E-state index is 0.00580. The van der Waals surface area contributed by atoms with E-state index in [1.807, 2.05) is 13.8 Å². The van der Waals surface area contributed by atoms with E-state index in [0.29, 0.717) is 16.3 Å². The standard InChI is InChI=1S/C25H20Cl2FN5O3/c1-12(2)32-22-20(29-23(32)15-11-18(34)31(3)30-24(15)35)25(36)33(17-6-4-5-16(27)19(17)28)21(22)13-7-9-14(26)10-8-13/h4-12,21H,1-3H3,(H,30,35). The van der Waals surface area contributed by atoms with E-state index in [4.69, 9.17) is 23.2 Å². The first-order valence-electron chi connectivity index (χ1n) is 11.1. The van der Waals surface area contributed by atoms with Crippen LogP contribution in [0.3, 0.4) is 0 Å². The second kappa shape index (κ2) is 8.76. The molecule has 184 valence electrons. The van der Waals surface area contributed by atoms with Gasteiger partial charge in [-0.3, -0.25) is 29.1 Å². The molecule has 1 aliphatic rings. The zero-order valence-electron chi connectivity index (χ0n) is 19.4. The molecule has 2 aromatic heterocycles. The van der Waals surface area contributed by atoms with Gasteiger partial charge in [0.15, 0.2) is 11.5 Å². The number of hydrogen-bond acceptors (Lipinski definition) is 4. The molecule has 1 N–H and O–H groups in total. The Labute approximate surface area is 214 Å². The number of halogens is 3. The molecule has 0 fully saturated rings. The Morgan fingerprint density at radius 1 is 1.06 bits per heavy atom. The number of amides is 1. The summed E-state index contributed by atoms with van der Waals surface area (Å²) >= 11 is 12.2. The summed E-state index contributed by atoms with van der Waals surface area (Å²) in [5, 5.41) is 2.83. The molecule has 0 aliphatic carbocycles. The third kappa shape index (κ3) is 3.66. The average molecular weight is 528 g/mol. The average Bonchev–Trinajstić information content (AvgIpc) is 3.34. The summed E-state index contributed by atoms with van der Waals surface area (Å²) in [6, 6.07) is 11.4. The van der Waals surface area contributed by atoms with Gasteiger partial charge < -0.3 is 4.57 Å². The van der Waals surface area contributed by atoms with Crippen molar-refractivity contribution < 1.29 is 9.18 Å². The minimum Gasteiger partial charge on any atom is -0.322 e. The molecular formula is C25H20Cl2FN5O3. The van der Waals surface area contributed by atoms with Gasteiger partial charge in [0, 0.05) is 24.2 Å². The second-order valence-corrected chi connectivity index (χ2v) is 9.58. The smallest absolute Gasteiger partial charge is 0.279 e. The van der Waals surface area contributed by atoms with Gasteiger partial charge in [-0.05, 0) is 43.7 Å². The SMILES string of the molecule is CC(C)n1c(-c2cc(=O)n(C)[nH]c2=O)nc2c1C(c1ccc(Cl)cc1)N(c1cccc(Cl)c1F)C2=O. The maximum atomic E-state index is 15.2. The maximum Gasteiger partial charge on any atom is 0.279 e. The van der Waals surface area contributed by atoms with Gasteiger partial charge in [-0.2, -0.15) is 0 Å². The summed E-state index contributed by atoms with van der Waals surface area (Å²) < 4.78 is 18.0. The van der Waals surface area contributed by atoms with E-state index in [2.05, 4.69) is 10.1 Å². The van der Waals surface area contributed by atoms with Crippen molar-refractivity contribution in [3.63, 3.8) is 0 Å². The summed E-state index contributed by atoms with van der Waals surface area (Å²) in [6.45, 7) is 3.74. The number of aryl methyl sites for hydroxylation is 1. The van der Waals surface area contributed by atoms with Gasteiger partial charge in [0.2, 0.25) is 0 Å². The third-order valence-corrected chi connectivity index (χ3v) is 6.68. The Hall–Kier alpha value is -3.69. The molecule has 4 aromatic rings. The van der Waals surface area contributed by atoms with Crippen LogP contribution < -0.4 is 16.0 Å². The van der Waals surface area contributed by atoms with Crippen LogP contribution in [-0.2, 0) is 7.05 Å². The van der Waals surface area contributed by atoms with E-state index >= 15 is 4.39 Å². The highest BCUT2D eigenvalue weighted by Gasteiger charge is 2.45. The van der Waals surface area contributed by atoms with E-state index in [9.17, 15) is 14.4 Å². The van der Waals surface area contributed by atoms with Gasteiger partial charge in [-0.1, -0.05) is 41.4 Å². The lowest BCUT2D eigenvalue weighted by atomic mass is 10.0. The Kier molecular flexibility index (Phi) is 5.84.